The summed E-state index contributed by atoms with van der Waals surface area (Å²) in [6.07, 6.45) is 0. The van der Waals surface area contributed by atoms with E-state index in [1.165, 1.54) is 0 Å². The molecule has 0 unspecified atom stereocenters. The topological polar surface area (TPSA) is 52.3 Å². The molecule has 0 aromatic heterocycles. The molecule has 3 heteroatoms. The quantitative estimate of drug-likeness (QED) is 0.358. The Balaban J connectivity index is -0.00000000500. The second kappa shape index (κ2) is 803. The summed E-state index contributed by atoms with van der Waals surface area (Å²) in [7, 11) is 1.97. The molecule has 4 heavy (non-hydrogen) atoms. The summed E-state index contributed by atoms with van der Waals surface area (Å²) >= 11 is 0. The first-order valence-electron chi connectivity index (χ1n) is 0.224. The first-order valence-corrected chi connectivity index (χ1v) is 0.671. The van der Waals surface area contributed by atoms with Crippen LogP contribution in [0.1, 0.15) is 0 Å². The minimum Gasteiger partial charge on any atom is -0.276 e. The lowest BCUT2D eigenvalue weighted by atomic mass is 12.0. The molecule has 0 fully saturated rings. The van der Waals surface area contributed by atoms with Gasteiger partial charge >= 0.3 is 0 Å². The van der Waals surface area contributed by atoms with Crippen molar-refractivity contribution in [2.75, 3.05) is 0 Å². The van der Waals surface area contributed by atoms with Crippen LogP contribution in [-0.2, 0) is 5.48 Å². The first-order chi connectivity index (χ1) is 1.00. The molecule has 0 aromatic rings. The van der Waals surface area contributed by atoms with E-state index in [1.807, 2.05) is 9.88 Å². The Morgan fingerprint density at radius 1 is 1.25 bits per heavy atom. The van der Waals surface area contributed by atoms with Gasteiger partial charge in [-0.1, -0.05) is 0 Å². The average Bonchev–Trinajstić information content (AvgIpc) is 1.00. The highest BCUT2D eigenvalue weighted by Crippen LogP contribution is 0.427. The normalized spacial score (nSPS) is 0.500. The van der Waals surface area contributed by atoms with Crippen LogP contribution in [0, 0.1) is 12.3 Å². The highest BCUT2D eigenvalue weighted by Gasteiger charge is 0.640. The zero-order valence-corrected chi connectivity index (χ0v) is 2.86. The maximum Gasteiger partial charge on any atom is 0.276 e. The third-order valence-electron chi connectivity index (χ3n) is 0. The maximum absolute atomic E-state index is 6.81. The van der Waals surface area contributed by atoms with Crippen LogP contribution in [0.15, 0.2) is 0 Å². The van der Waals surface area contributed by atoms with E-state index in [0.29, 0.717) is 0 Å². The highest BCUT2D eigenvalue weighted by molar-refractivity contribution is 5.84. The number of hydrogen-bond donors (Lipinski definition) is 0. The molecule has 0 saturated heterocycles. The van der Waals surface area contributed by atoms with Gasteiger partial charge < -0.3 is 0 Å². The summed E-state index contributed by atoms with van der Waals surface area (Å²) in [5, 5.41) is 0. The predicted molar refractivity (Wildman–Crippen MR) is 11.4 cm³/mol. The molecule has 2 nitrogen and oxygen atoms in total. The van der Waals surface area contributed by atoms with Crippen LogP contribution in [-0.4, -0.2) is 9.88 Å². The van der Waals surface area contributed by atoms with Gasteiger partial charge in [-0.25, -0.2) is 0 Å². The zero-order chi connectivity index (χ0) is 2.00. The van der Waals surface area contributed by atoms with Crippen LogP contribution in [0.2, 0.25) is 0 Å². The third kappa shape index (κ3) is 116. The Labute approximate surface area is 28.8 Å². The third-order valence-corrected chi connectivity index (χ3v) is 0. The van der Waals surface area contributed by atoms with Crippen LogP contribution >= 0.6 is 0 Å². The molecule has 0 aliphatic heterocycles. The van der Waals surface area contributed by atoms with Crippen LogP contribution in [0.5, 0.6) is 0 Å². The van der Waals surface area contributed by atoms with E-state index in [1.54, 1.807) is 0 Å². The summed E-state index contributed by atoms with van der Waals surface area (Å²) in [6.45, 7) is 0. The second-order valence-electron chi connectivity index (χ2n) is 0. The Morgan fingerprint density at radius 3 is 1.25 bits per heavy atom. The molecule has 0 heterocycles. The minimum absolute atomic E-state index is 0. The lowest BCUT2D eigenvalue weighted by Gasteiger charge is -0.640. The van der Waals surface area contributed by atoms with Crippen molar-refractivity contribution in [3.8, 4) is 0 Å². The fraction of sp³-hybridized carbons (Fsp3) is 0. The van der Waals surface area contributed by atoms with Gasteiger partial charge in [0.15, 0.2) is 0 Å². The Bertz CT molecular complexity index is 12.8. The van der Waals surface area contributed by atoms with Crippen molar-refractivity contribution in [1.82, 2.24) is 0 Å². The fourth-order valence-corrected chi connectivity index (χ4v) is 0. The molecule has 19 valence electrons. The Kier molecular flexibility index (Phi) is 8270. The van der Waals surface area contributed by atoms with Crippen molar-refractivity contribution in [1.29, 1.82) is 4.89 Å². The Morgan fingerprint density at radius 2 is 1.25 bits per heavy atom. The summed E-state index contributed by atoms with van der Waals surface area (Å²) < 4.78 is 0. The van der Waals surface area contributed by atoms with E-state index in [4.69, 9.17) is 4.89 Å². The standard InChI is InChI=1S/C.NSi.O/c;1-2;. The SMILES string of the molecule is N#[Si].[C].[O]. The summed E-state index contributed by atoms with van der Waals surface area (Å²) in [6, 6.07) is 0. The van der Waals surface area contributed by atoms with E-state index in [2.05, 4.69) is 0 Å². The maximum atomic E-state index is 6.81. The van der Waals surface area contributed by atoms with E-state index < -0.39 is 0 Å². The summed E-state index contributed by atoms with van der Waals surface area (Å²) in [5.41, 5.74) is 0. The van der Waals surface area contributed by atoms with Crippen LogP contribution in [0.3, 0.4) is 0 Å². The van der Waals surface area contributed by atoms with Crippen molar-refractivity contribution >= 4 is 9.88 Å². The van der Waals surface area contributed by atoms with E-state index >= 15 is 0 Å². The van der Waals surface area contributed by atoms with Crippen LogP contribution < -0.4 is 0 Å². The summed E-state index contributed by atoms with van der Waals surface area (Å²) in [5.74, 6) is 0. The molecule has 0 aliphatic rings. The number of nitrogens with zero attached hydrogens (tertiary/aromatic N) is 1. The molecule has 7 radical (unpaired) electrons. The Hall–Kier alpha value is -0.113. The molecule has 0 amide bonds. The van der Waals surface area contributed by atoms with Crippen LogP contribution in [0.25, 0.3) is 0 Å². The van der Waals surface area contributed by atoms with Gasteiger partial charge in [0.2, 0.25) is 0 Å². The molecule has 0 atom stereocenters. The van der Waals surface area contributed by atoms with Gasteiger partial charge in [-0.15, -0.1) is 0 Å². The van der Waals surface area contributed by atoms with E-state index in [-0.39, 0.29) is 12.9 Å². The molecular formula is CNOSi. The van der Waals surface area contributed by atoms with Gasteiger partial charge in [0, 0.05) is 12.9 Å². The zero-order valence-electron chi connectivity index (χ0n) is 1.86. The van der Waals surface area contributed by atoms with Crippen LogP contribution in [0.4, 0.5) is 0 Å². The van der Waals surface area contributed by atoms with Gasteiger partial charge in [0.05, 0.1) is 0 Å². The van der Waals surface area contributed by atoms with Crippen molar-refractivity contribution in [2.24, 2.45) is 0 Å². The van der Waals surface area contributed by atoms with Gasteiger partial charge in [-0.3, -0.25) is 4.89 Å². The van der Waals surface area contributed by atoms with Crippen molar-refractivity contribution in [3.63, 3.8) is 0 Å². The van der Waals surface area contributed by atoms with E-state index in [0.717, 1.165) is 0 Å². The van der Waals surface area contributed by atoms with E-state index in [9.17, 15) is 0 Å². The van der Waals surface area contributed by atoms with Gasteiger partial charge in [-0.05, 0) is 0 Å². The molecule has 0 saturated carbocycles. The molecule has 0 bridgehead atoms. The number of hydrogen-bond acceptors (Lipinski definition) is 1. The van der Waals surface area contributed by atoms with Gasteiger partial charge in [0.25, 0.3) is 9.88 Å². The monoisotopic (exact) mass is 70.0 g/mol. The molecule has 0 spiro atoms. The molecule has 0 N–H and O–H groups in total. The lowest BCUT2D eigenvalue weighted by molar-refractivity contribution is 0.686. The van der Waals surface area contributed by atoms with Crippen molar-refractivity contribution < 1.29 is 5.48 Å². The van der Waals surface area contributed by atoms with Gasteiger partial charge in [-0.2, -0.15) is 0 Å². The molecule has 0 aromatic carbocycles. The minimum atomic E-state index is 0. The largest absolute Gasteiger partial charge is 0.276 e. The second-order valence-corrected chi connectivity index (χ2v) is 0. The number of rotatable bonds is 0. The molecule has 0 aliphatic carbocycles. The highest BCUT2D eigenvalue weighted by atomic mass is 28.1. The van der Waals surface area contributed by atoms with Gasteiger partial charge in [0.1, 0.15) is 0 Å². The summed E-state index contributed by atoms with van der Waals surface area (Å²) in [4.78, 5) is 6.81. The predicted octanol–water partition coefficient (Wildman–Crippen LogP) is -0.403. The first kappa shape index (κ1) is 41.2. The van der Waals surface area contributed by atoms with Crippen molar-refractivity contribution in [2.45, 2.75) is 0 Å². The molecular weight excluding hydrogens is 70.1 g/mol. The fourth-order valence-electron chi connectivity index (χ4n) is 0. The molecule has 0 rings (SSSR count). The van der Waals surface area contributed by atoms with Crippen molar-refractivity contribution in [3.05, 3.63) is 7.43 Å². The smallest absolute Gasteiger partial charge is 0.276 e. The average molecular weight is 70.1 g/mol. The lowest BCUT2D eigenvalue weighted by Crippen LogP contribution is -0.793.